The minimum atomic E-state index is -7.13. The Bertz CT molecular complexity index is 1360. The molecule has 0 aromatic rings. The number of halogens is 32. The van der Waals surface area contributed by atoms with Gasteiger partial charge in [-0.1, -0.05) is 13.2 Å². The predicted molar refractivity (Wildman–Crippen MR) is 149 cm³/mol. The van der Waals surface area contributed by atoms with Gasteiger partial charge in [-0.25, -0.2) is 13.2 Å². The molecule has 38 heteroatoms. The summed E-state index contributed by atoms with van der Waals surface area (Å²) >= 11 is 10.5. The smallest absolute Gasteiger partial charge is 0.390 e. The van der Waals surface area contributed by atoms with Crippen molar-refractivity contribution in [1.29, 1.82) is 0 Å². The lowest BCUT2D eigenvalue weighted by molar-refractivity contribution is -0.451. The third kappa shape index (κ3) is 18.4. The van der Waals surface area contributed by atoms with Gasteiger partial charge in [0.15, 0.2) is 0 Å². The van der Waals surface area contributed by atoms with Crippen LogP contribution in [0.1, 0.15) is 0 Å². The molecule has 0 spiro atoms. The van der Waals surface area contributed by atoms with Crippen molar-refractivity contribution in [3.63, 3.8) is 0 Å². The number of ether oxygens (including phenoxy) is 5. The van der Waals surface area contributed by atoms with E-state index in [0.29, 0.717) is 11.8 Å². The molecule has 0 aromatic heterocycles. The first kappa shape index (κ1) is 66.0. The maximum atomic E-state index is 13.4. The SMILES string of the molecule is C=C(CCl)CCl.C=C(COCC(F)(F)C(F)OC(F)(F)C(F)(F)C(F)(F)F)COCC(F)(F)C(F)OC(F)(F)C(F)(F)C(F)(F)F.OCC(F)(F)C(F)OC(F)(F)C(F)(F)C(F)(F)F. The summed E-state index contributed by atoms with van der Waals surface area (Å²) in [5.41, 5.74) is 0.0699. The van der Waals surface area contributed by atoms with Gasteiger partial charge in [0, 0.05) is 11.8 Å². The molecule has 0 radical (unpaired) electrons. The van der Waals surface area contributed by atoms with Gasteiger partial charge in [0.2, 0.25) is 0 Å². The first-order valence-electron chi connectivity index (χ1n) is 14.6. The van der Waals surface area contributed by atoms with Crippen molar-refractivity contribution in [3.8, 4) is 0 Å². The van der Waals surface area contributed by atoms with Crippen molar-refractivity contribution in [1.82, 2.24) is 0 Å². The van der Waals surface area contributed by atoms with E-state index in [9.17, 15) is 132 Å². The molecule has 0 aliphatic rings. The van der Waals surface area contributed by atoms with Crippen LogP contribution in [0, 0.1) is 0 Å². The van der Waals surface area contributed by atoms with Crippen LogP contribution < -0.4 is 0 Å². The maximum Gasteiger partial charge on any atom is 0.462 e. The van der Waals surface area contributed by atoms with Crippen LogP contribution in [0.3, 0.4) is 0 Å². The Morgan fingerprint density at radius 3 is 0.797 bits per heavy atom. The number of rotatable bonds is 23. The fraction of sp³-hybridized carbons (Fsp3) is 0.846. The van der Waals surface area contributed by atoms with Crippen molar-refractivity contribution in [2.24, 2.45) is 0 Å². The average molecular weight is 1070 g/mol. The van der Waals surface area contributed by atoms with Gasteiger partial charge < -0.3 is 14.6 Å². The molecule has 0 amide bonds. The quantitative estimate of drug-likeness (QED) is 0.0625. The van der Waals surface area contributed by atoms with Gasteiger partial charge in [0.25, 0.3) is 19.1 Å². The monoisotopic (exact) mass is 1070 g/mol. The van der Waals surface area contributed by atoms with Gasteiger partial charge in [-0.05, 0) is 11.1 Å². The Kier molecular flexibility index (Phi) is 23.9. The summed E-state index contributed by atoms with van der Waals surface area (Å²) in [4.78, 5) is 0. The Labute approximate surface area is 344 Å². The predicted octanol–water partition coefficient (Wildman–Crippen LogP) is 11.8. The first-order valence-corrected chi connectivity index (χ1v) is 15.7. The molecule has 3 unspecified atom stereocenters. The molecule has 0 saturated heterocycles. The summed E-state index contributed by atoms with van der Waals surface area (Å²) in [6, 6.07) is 0. The van der Waals surface area contributed by atoms with Crippen molar-refractivity contribution >= 4 is 23.2 Å². The Morgan fingerprint density at radius 1 is 0.406 bits per heavy atom. The zero-order valence-corrected chi connectivity index (χ0v) is 31.2. The molecule has 0 bridgehead atoms. The van der Waals surface area contributed by atoms with Gasteiger partial charge in [-0.15, -0.1) is 23.2 Å². The van der Waals surface area contributed by atoms with Gasteiger partial charge in [-0.3, -0.25) is 14.2 Å². The first-order chi connectivity index (χ1) is 27.9. The molecule has 0 aromatic carbocycles. The summed E-state index contributed by atoms with van der Waals surface area (Å²) in [7, 11) is 0. The molecule has 1 N–H and O–H groups in total. The van der Waals surface area contributed by atoms with Gasteiger partial charge in [-0.2, -0.15) is 119 Å². The van der Waals surface area contributed by atoms with Crippen LogP contribution in [-0.4, -0.2) is 141 Å². The largest absolute Gasteiger partial charge is 0.462 e. The lowest BCUT2D eigenvalue weighted by Crippen LogP contribution is -2.56. The van der Waals surface area contributed by atoms with E-state index >= 15 is 0 Å². The molecule has 0 aliphatic heterocycles. The van der Waals surface area contributed by atoms with E-state index in [-0.39, 0.29) is 0 Å². The molecule has 0 saturated carbocycles. The van der Waals surface area contributed by atoms with Crippen LogP contribution in [0.2, 0.25) is 0 Å². The molecule has 0 heterocycles. The van der Waals surface area contributed by atoms with Crippen molar-refractivity contribution in [2.45, 2.75) is 91.5 Å². The molecule has 64 heavy (non-hydrogen) atoms. The lowest BCUT2D eigenvalue weighted by Gasteiger charge is -2.30. The van der Waals surface area contributed by atoms with Crippen LogP contribution in [0.4, 0.5) is 132 Å². The van der Waals surface area contributed by atoms with Gasteiger partial charge in [0.1, 0.15) is 19.8 Å². The number of aliphatic hydroxyl groups excluding tert-OH is 1. The molecular formula is C26H22Cl2F30O6. The minimum absolute atomic E-state index is 0.476. The highest BCUT2D eigenvalue weighted by Crippen LogP contribution is 2.51. The van der Waals surface area contributed by atoms with E-state index in [1.165, 1.54) is 0 Å². The Hall–Kier alpha value is -2.28. The second-order valence-corrected chi connectivity index (χ2v) is 11.8. The van der Waals surface area contributed by atoms with Crippen LogP contribution in [0.15, 0.2) is 24.3 Å². The zero-order chi connectivity index (χ0) is 52.4. The van der Waals surface area contributed by atoms with E-state index in [1.807, 2.05) is 0 Å². The third-order valence-corrected chi connectivity index (χ3v) is 6.46. The fourth-order valence-corrected chi connectivity index (χ4v) is 2.59. The average Bonchev–Trinajstić information content (AvgIpc) is 3.09. The number of hydrogen-bond acceptors (Lipinski definition) is 6. The molecule has 386 valence electrons. The lowest BCUT2D eigenvalue weighted by atomic mass is 10.3. The van der Waals surface area contributed by atoms with Gasteiger partial charge >= 0.3 is 72.4 Å². The van der Waals surface area contributed by atoms with E-state index in [0.717, 1.165) is 5.57 Å². The highest BCUT2D eigenvalue weighted by molar-refractivity contribution is 6.23. The van der Waals surface area contributed by atoms with E-state index in [2.05, 4.69) is 36.8 Å². The summed E-state index contributed by atoms with van der Waals surface area (Å²) in [6.45, 7) is -3.65. The van der Waals surface area contributed by atoms with Crippen LogP contribution in [0.25, 0.3) is 0 Å². The Morgan fingerprint density at radius 2 is 0.625 bits per heavy atom. The molecule has 0 rings (SSSR count). The molecule has 6 nitrogen and oxygen atoms in total. The fourth-order valence-electron chi connectivity index (χ4n) is 2.31. The number of alkyl halides is 32. The minimum Gasteiger partial charge on any atom is -0.390 e. The molecule has 3 atom stereocenters. The number of hydrogen-bond donors (Lipinski definition) is 1. The van der Waals surface area contributed by atoms with E-state index in [1.54, 1.807) is 0 Å². The zero-order valence-electron chi connectivity index (χ0n) is 29.7. The van der Waals surface area contributed by atoms with Crippen molar-refractivity contribution < 1.29 is 161 Å². The summed E-state index contributed by atoms with van der Waals surface area (Å²) in [5, 5.41) is 7.80. The number of allylic oxidation sites excluding steroid dienone is 1. The number of aliphatic hydroxyl groups is 1. The van der Waals surface area contributed by atoms with Crippen LogP contribution in [-0.2, 0) is 23.7 Å². The normalized spacial score (nSPS) is 16.0. The topological polar surface area (TPSA) is 66.4 Å². The Balaban J connectivity index is -0.00000127. The second-order valence-electron chi connectivity index (χ2n) is 11.3. The summed E-state index contributed by atoms with van der Waals surface area (Å²) < 4.78 is 387. The van der Waals surface area contributed by atoms with Crippen LogP contribution >= 0.6 is 23.2 Å². The van der Waals surface area contributed by atoms with Crippen LogP contribution in [0.5, 0.6) is 0 Å². The highest BCUT2D eigenvalue weighted by Gasteiger charge is 2.78. The van der Waals surface area contributed by atoms with E-state index < -0.39 is 130 Å². The molecule has 0 fully saturated rings. The third-order valence-electron chi connectivity index (χ3n) is 5.71. The second kappa shape index (κ2) is 23.1. The van der Waals surface area contributed by atoms with Crippen molar-refractivity contribution in [3.05, 3.63) is 24.3 Å². The summed E-state index contributed by atoms with van der Waals surface area (Å²) in [6.07, 6.45) is -55.5. The maximum absolute atomic E-state index is 13.4. The molecule has 0 aliphatic carbocycles. The van der Waals surface area contributed by atoms with Crippen molar-refractivity contribution in [2.75, 3.05) is 44.8 Å². The highest BCUT2D eigenvalue weighted by atomic mass is 35.5. The standard InChI is InChI=1S/C16H12F20O4.C6H4F10O2.C4H6Cl2/c1-6(2-37-4-9(19,20)7(17)39-15(33,34)11(23,24)13(27,28)29)3-38-5-10(21,22)8(18)40-16(35,36)12(25,26)14(30,31)32;7-2(3(8,9)1-17)18-6(15,16)4(10,11)5(12,13)14;1-4(2-5)3-6/h7-8H,1-5H2;2,17H,1H2;1-3H2. The summed E-state index contributed by atoms with van der Waals surface area (Å²) in [5.74, 6) is -36.0. The van der Waals surface area contributed by atoms with Gasteiger partial charge in [0.05, 0.1) is 13.2 Å². The van der Waals surface area contributed by atoms with E-state index in [4.69, 9.17) is 28.3 Å². The molecular weight excluding hydrogens is 1050 g/mol.